The fourth-order valence-electron chi connectivity index (χ4n) is 4.68. The number of rotatable bonds is 4. The Balaban J connectivity index is 1.39. The number of amides is 1. The summed E-state index contributed by atoms with van der Waals surface area (Å²) in [5.41, 5.74) is 2.35. The van der Waals surface area contributed by atoms with Gasteiger partial charge in [-0.15, -0.1) is 10.2 Å². The van der Waals surface area contributed by atoms with Gasteiger partial charge in [-0.25, -0.2) is 9.78 Å². The molecule has 0 radical (unpaired) electrons. The molecule has 2 aromatic heterocycles. The number of furan rings is 1. The second-order valence-corrected chi connectivity index (χ2v) is 10.2. The molecule has 4 heterocycles. The Morgan fingerprint density at radius 3 is 2.72 bits per heavy atom. The van der Waals surface area contributed by atoms with Gasteiger partial charge >= 0.3 is 6.09 Å². The molecule has 1 fully saturated rings. The standard InChI is InChI=1S/C27H30N4O5/c1-27(2,3)36-26(33)31-12-9-16(10-13-31)14-19-21(34-4)8-7-18-23(32)22(35-24(18)19)15-20-17-6-5-11-28-25(17)30-29-20/h5-8,11,15-16,32H,9-10,12-14H2,1-4H3. The van der Waals surface area contributed by atoms with Crippen molar-refractivity contribution in [3.8, 4) is 11.5 Å². The van der Waals surface area contributed by atoms with E-state index in [0.717, 1.165) is 24.0 Å². The van der Waals surface area contributed by atoms with E-state index >= 15 is 0 Å². The Labute approximate surface area is 209 Å². The van der Waals surface area contributed by atoms with Crippen molar-refractivity contribution in [1.82, 2.24) is 9.88 Å². The van der Waals surface area contributed by atoms with Crippen LogP contribution in [-0.2, 0) is 11.2 Å². The highest BCUT2D eigenvalue weighted by atomic mass is 16.6. The number of likely N-dealkylation sites (tertiary alicyclic amines) is 1. The molecule has 2 aliphatic heterocycles. The largest absolute Gasteiger partial charge is 0.504 e. The number of fused-ring (bicyclic) bond motifs is 2. The van der Waals surface area contributed by atoms with Crippen molar-refractivity contribution in [2.24, 2.45) is 16.1 Å². The Bertz CT molecular complexity index is 1360. The number of aromatic hydroxyl groups is 1. The second-order valence-electron chi connectivity index (χ2n) is 10.2. The molecule has 1 N–H and O–H groups in total. The zero-order valence-corrected chi connectivity index (χ0v) is 20.9. The van der Waals surface area contributed by atoms with Crippen LogP contribution in [0.2, 0.25) is 0 Å². The van der Waals surface area contributed by atoms with E-state index in [-0.39, 0.29) is 11.8 Å². The van der Waals surface area contributed by atoms with Gasteiger partial charge in [0, 0.05) is 36.5 Å². The minimum atomic E-state index is -0.510. The molecule has 0 atom stereocenters. The van der Waals surface area contributed by atoms with Gasteiger partial charge in [0.15, 0.2) is 17.3 Å². The lowest BCUT2D eigenvalue weighted by molar-refractivity contribution is 0.0184. The Morgan fingerprint density at radius 1 is 1.22 bits per heavy atom. The summed E-state index contributed by atoms with van der Waals surface area (Å²) in [6.07, 6.45) is 5.46. The van der Waals surface area contributed by atoms with Crippen LogP contribution in [0.1, 0.15) is 50.5 Å². The summed E-state index contributed by atoms with van der Waals surface area (Å²) in [7, 11) is 1.63. The van der Waals surface area contributed by atoms with Crippen molar-refractivity contribution >= 4 is 34.7 Å². The van der Waals surface area contributed by atoms with E-state index < -0.39 is 5.60 Å². The maximum Gasteiger partial charge on any atom is 0.410 e. The van der Waals surface area contributed by atoms with E-state index in [2.05, 4.69) is 15.2 Å². The number of piperidine rings is 1. The Hall–Kier alpha value is -3.88. The lowest BCUT2D eigenvalue weighted by atomic mass is 9.89. The third-order valence-corrected chi connectivity index (χ3v) is 6.48. The van der Waals surface area contributed by atoms with Crippen molar-refractivity contribution < 1.29 is 23.8 Å². The highest BCUT2D eigenvalue weighted by molar-refractivity contribution is 5.95. The fourth-order valence-corrected chi connectivity index (χ4v) is 4.68. The lowest BCUT2D eigenvalue weighted by Crippen LogP contribution is -2.42. The monoisotopic (exact) mass is 490 g/mol. The fraction of sp³-hybridized carbons (Fsp3) is 0.407. The summed E-state index contributed by atoms with van der Waals surface area (Å²) in [6, 6.07) is 7.36. The summed E-state index contributed by atoms with van der Waals surface area (Å²) in [5, 5.41) is 19.8. The van der Waals surface area contributed by atoms with Crippen molar-refractivity contribution in [1.29, 1.82) is 0 Å². The molecule has 188 valence electrons. The number of benzene rings is 1. The van der Waals surface area contributed by atoms with Gasteiger partial charge in [0.2, 0.25) is 0 Å². The van der Waals surface area contributed by atoms with E-state index in [1.54, 1.807) is 30.3 Å². The number of hydrogen-bond donors (Lipinski definition) is 1. The van der Waals surface area contributed by atoms with Crippen LogP contribution in [0.15, 0.2) is 45.1 Å². The third kappa shape index (κ3) is 4.65. The highest BCUT2D eigenvalue weighted by Gasteiger charge is 2.29. The number of hydrogen-bond acceptors (Lipinski definition) is 8. The van der Waals surface area contributed by atoms with E-state index in [9.17, 15) is 9.90 Å². The van der Waals surface area contributed by atoms with Gasteiger partial charge in [0.1, 0.15) is 22.6 Å². The highest BCUT2D eigenvalue weighted by Crippen LogP contribution is 2.42. The number of methoxy groups -OCH3 is 1. The predicted molar refractivity (Wildman–Crippen MR) is 135 cm³/mol. The molecule has 0 aliphatic carbocycles. The molecule has 0 saturated carbocycles. The summed E-state index contributed by atoms with van der Waals surface area (Å²) in [5.74, 6) is 1.94. The molecular formula is C27H30N4O5. The second kappa shape index (κ2) is 9.29. The molecule has 0 unspecified atom stereocenters. The van der Waals surface area contributed by atoms with Crippen LogP contribution < -0.4 is 4.74 Å². The van der Waals surface area contributed by atoms with Crippen molar-refractivity contribution in [2.45, 2.75) is 45.6 Å². The van der Waals surface area contributed by atoms with Gasteiger partial charge < -0.3 is 23.9 Å². The summed E-state index contributed by atoms with van der Waals surface area (Å²) in [4.78, 5) is 18.4. The zero-order valence-electron chi connectivity index (χ0n) is 20.9. The van der Waals surface area contributed by atoms with Gasteiger partial charge in [-0.05, 0) is 70.2 Å². The van der Waals surface area contributed by atoms with Gasteiger partial charge in [0.05, 0.1) is 12.5 Å². The zero-order chi connectivity index (χ0) is 25.4. The molecule has 0 spiro atoms. The number of ether oxygens (including phenoxy) is 2. The van der Waals surface area contributed by atoms with Crippen LogP contribution in [0, 0.1) is 5.92 Å². The number of nitrogens with zero attached hydrogens (tertiary/aromatic N) is 4. The molecule has 3 aromatic rings. The van der Waals surface area contributed by atoms with Gasteiger partial charge in [-0.1, -0.05) is 0 Å². The van der Waals surface area contributed by atoms with E-state index in [1.165, 1.54) is 0 Å². The number of azo groups is 1. The van der Waals surface area contributed by atoms with Gasteiger partial charge in [0.25, 0.3) is 0 Å². The number of pyridine rings is 1. The topological polar surface area (TPSA) is 110 Å². The molecule has 0 bridgehead atoms. The van der Waals surface area contributed by atoms with Crippen LogP contribution in [0.5, 0.6) is 11.5 Å². The maximum atomic E-state index is 12.4. The first-order valence-electron chi connectivity index (χ1n) is 12.1. The van der Waals surface area contributed by atoms with Crippen LogP contribution in [0.3, 0.4) is 0 Å². The molecule has 1 saturated heterocycles. The van der Waals surface area contributed by atoms with E-state index in [4.69, 9.17) is 13.9 Å². The number of aromatic nitrogens is 1. The molecule has 36 heavy (non-hydrogen) atoms. The maximum absolute atomic E-state index is 12.4. The van der Waals surface area contributed by atoms with Gasteiger partial charge in [-0.3, -0.25) is 0 Å². The predicted octanol–water partition coefficient (Wildman–Crippen LogP) is 6.33. The normalized spacial score (nSPS) is 17.1. The van der Waals surface area contributed by atoms with Gasteiger partial charge in [-0.2, -0.15) is 0 Å². The third-order valence-electron chi connectivity index (χ3n) is 6.48. The minimum Gasteiger partial charge on any atom is -0.504 e. The van der Waals surface area contributed by atoms with Crippen LogP contribution in [0.25, 0.3) is 22.7 Å². The smallest absolute Gasteiger partial charge is 0.410 e. The minimum absolute atomic E-state index is 0.0497. The summed E-state index contributed by atoms with van der Waals surface area (Å²) in [6.45, 7) is 6.89. The van der Waals surface area contributed by atoms with Crippen molar-refractivity contribution in [3.05, 3.63) is 47.3 Å². The van der Waals surface area contributed by atoms with Crippen LogP contribution >= 0.6 is 0 Å². The molecule has 9 nitrogen and oxygen atoms in total. The number of carbonyl (C=O) groups is 1. The van der Waals surface area contributed by atoms with Crippen molar-refractivity contribution in [3.63, 3.8) is 0 Å². The van der Waals surface area contributed by atoms with Crippen LogP contribution in [-0.4, -0.2) is 46.9 Å². The van der Waals surface area contributed by atoms with Crippen LogP contribution in [0.4, 0.5) is 10.6 Å². The Morgan fingerprint density at radius 2 is 2.00 bits per heavy atom. The summed E-state index contributed by atoms with van der Waals surface area (Å²) >= 11 is 0. The average molecular weight is 491 g/mol. The molecule has 9 heteroatoms. The first-order chi connectivity index (χ1) is 17.2. The molecule has 5 rings (SSSR count). The molecular weight excluding hydrogens is 460 g/mol. The first-order valence-corrected chi connectivity index (χ1v) is 12.1. The SMILES string of the molecule is COc1ccc2c(O)c(C=C3N=Nc4ncccc43)oc2c1CC1CCN(C(=O)OC(C)(C)C)CC1. The van der Waals surface area contributed by atoms with E-state index in [1.807, 2.05) is 39.0 Å². The molecule has 1 aromatic carbocycles. The molecule has 1 amide bonds. The number of carbonyl (C=O) groups excluding carboxylic acids is 1. The Kier molecular flexibility index (Phi) is 6.15. The van der Waals surface area contributed by atoms with E-state index in [0.29, 0.717) is 59.4 Å². The first kappa shape index (κ1) is 23.8. The average Bonchev–Trinajstić information content (AvgIpc) is 3.40. The van der Waals surface area contributed by atoms with Crippen molar-refractivity contribution in [2.75, 3.05) is 20.2 Å². The quantitative estimate of drug-likeness (QED) is 0.458. The molecule has 2 aliphatic rings. The lowest BCUT2D eigenvalue weighted by Gasteiger charge is -2.33. The summed E-state index contributed by atoms with van der Waals surface area (Å²) < 4.78 is 17.4.